The van der Waals surface area contributed by atoms with E-state index < -0.39 is 0 Å². The van der Waals surface area contributed by atoms with Crippen LogP contribution in [0.5, 0.6) is 23.0 Å². The van der Waals surface area contributed by atoms with Crippen molar-refractivity contribution in [3.63, 3.8) is 0 Å². The molecule has 0 fully saturated rings. The Labute approximate surface area is 431 Å². The zero-order chi connectivity index (χ0) is 48.5. The van der Waals surface area contributed by atoms with Gasteiger partial charge >= 0.3 is 19.5 Å². The number of hydrogen-bond donors (Lipinski definition) is 0. The van der Waals surface area contributed by atoms with Crippen molar-refractivity contribution in [1.29, 1.82) is 0 Å². The standard InChI is InChI=1S/C60H40N8O4.Zn/c1-69-45-29-41-42(30-46(45)70-2)54-61-53(41)63-57-49-37(33-17-9-5-10-18-33)25-26-38(34-19-11-6-12-20-34)50(49)59(67-57)65-55-43-31-47(71-3)48(72-4)32-44(43)56(62-55)66-60-52-40(36-23-15-8-16-24-36)28-27-39(35-21-13-7-14-22-35)51(52)58(64-54)68-60;/h5-32H,1-4H3;/q-2;+2. The van der Waals surface area contributed by atoms with Gasteiger partial charge in [-0.1, -0.05) is 146 Å². The summed E-state index contributed by atoms with van der Waals surface area (Å²) in [5.41, 5.74) is 11.9. The molecule has 0 saturated carbocycles. The van der Waals surface area contributed by atoms with Crippen LogP contribution in [0.4, 0.5) is 0 Å². The van der Waals surface area contributed by atoms with E-state index in [1.54, 1.807) is 28.4 Å². The van der Waals surface area contributed by atoms with Crippen molar-refractivity contribution in [3.8, 4) is 113 Å². The third-order valence-corrected chi connectivity index (χ3v) is 13.3. The minimum absolute atomic E-state index is 0. The van der Waals surface area contributed by atoms with Crippen molar-refractivity contribution >= 4 is 44.1 Å². The number of ether oxygens (including phenoxy) is 4. The molecule has 5 heterocycles. The van der Waals surface area contributed by atoms with Gasteiger partial charge in [0.05, 0.1) is 51.7 Å². The zero-order valence-electron chi connectivity index (χ0n) is 40.1. The van der Waals surface area contributed by atoms with E-state index >= 15 is 0 Å². The molecule has 346 valence electrons. The van der Waals surface area contributed by atoms with Crippen LogP contribution in [-0.4, -0.2) is 58.3 Å². The van der Waals surface area contributed by atoms with Crippen molar-refractivity contribution in [1.82, 2.24) is 39.9 Å². The summed E-state index contributed by atoms with van der Waals surface area (Å²) in [7, 11) is 6.44. The van der Waals surface area contributed by atoms with Crippen LogP contribution in [0.2, 0.25) is 0 Å². The van der Waals surface area contributed by atoms with Crippen LogP contribution < -0.4 is 28.9 Å². The summed E-state index contributed by atoms with van der Waals surface area (Å²) in [4.78, 5) is 43.1. The maximum Gasteiger partial charge on any atom is 2.00 e. The maximum atomic E-state index is 5.90. The van der Waals surface area contributed by atoms with Gasteiger partial charge in [0, 0.05) is 66.4 Å². The van der Waals surface area contributed by atoms with Gasteiger partial charge in [-0.3, -0.25) is 0 Å². The molecule has 0 atom stereocenters. The molecule has 11 aromatic rings. The third-order valence-electron chi connectivity index (χ3n) is 13.3. The van der Waals surface area contributed by atoms with Crippen molar-refractivity contribution in [2.75, 3.05) is 28.4 Å². The van der Waals surface area contributed by atoms with Crippen molar-refractivity contribution in [3.05, 3.63) is 170 Å². The zero-order valence-corrected chi connectivity index (χ0v) is 43.1. The predicted octanol–water partition coefficient (Wildman–Crippen LogP) is 12.8. The number of aromatic nitrogens is 8. The number of nitrogens with zero attached hydrogens (tertiary/aromatic N) is 8. The normalized spacial score (nSPS) is 11.5. The molecule has 0 radical (unpaired) electrons. The van der Waals surface area contributed by atoms with Gasteiger partial charge in [0.25, 0.3) is 0 Å². The second kappa shape index (κ2) is 18.3. The Morgan fingerprint density at radius 2 is 0.493 bits per heavy atom. The van der Waals surface area contributed by atoms with Gasteiger partial charge in [-0.05, 0) is 68.8 Å². The molecule has 2 aliphatic heterocycles. The Balaban J connectivity index is 0.00000543. The molecular formula is C60H40N8O4Zn. The Hall–Kier alpha value is -9.06. The first-order valence-corrected chi connectivity index (χ1v) is 23.3. The maximum absolute atomic E-state index is 5.90. The molecule has 73 heavy (non-hydrogen) atoms. The summed E-state index contributed by atoms with van der Waals surface area (Å²) in [6.45, 7) is 0. The molecule has 0 N–H and O–H groups in total. The fourth-order valence-electron chi connectivity index (χ4n) is 10.00. The van der Waals surface area contributed by atoms with E-state index in [1.165, 1.54) is 0 Å². The van der Waals surface area contributed by atoms with E-state index in [4.69, 9.17) is 58.8 Å². The molecule has 0 spiro atoms. The van der Waals surface area contributed by atoms with Crippen molar-refractivity contribution < 1.29 is 38.4 Å². The third kappa shape index (κ3) is 7.47. The molecule has 2 aliphatic rings. The fraction of sp³-hybridized carbons (Fsp3) is 0.0667. The van der Waals surface area contributed by atoms with E-state index in [1.807, 2.05) is 97.1 Å². The molecule has 8 bridgehead atoms. The molecule has 3 aromatic heterocycles. The van der Waals surface area contributed by atoms with Gasteiger partial charge in [0.2, 0.25) is 0 Å². The molecule has 13 heteroatoms. The first-order valence-electron chi connectivity index (χ1n) is 23.3. The van der Waals surface area contributed by atoms with Crippen LogP contribution in [-0.2, 0) is 19.5 Å². The molecule has 0 amide bonds. The average molecular weight is 1000 g/mol. The summed E-state index contributed by atoms with van der Waals surface area (Å²) in [5.74, 6) is 3.52. The quantitative estimate of drug-likeness (QED) is 0.134. The first-order chi connectivity index (χ1) is 35.5. The van der Waals surface area contributed by atoms with Gasteiger partial charge in [-0.25, -0.2) is 9.97 Å². The van der Waals surface area contributed by atoms with Gasteiger partial charge < -0.3 is 48.9 Å². The van der Waals surface area contributed by atoms with Crippen LogP contribution >= 0.6 is 0 Å². The Bertz CT molecular complexity index is 3620. The largest absolute Gasteiger partial charge is 2.00 e. The summed E-state index contributed by atoms with van der Waals surface area (Å²) >= 11 is 0. The second-order valence-electron chi connectivity index (χ2n) is 17.3. The first kappa shape index (κ1) is 45.1. The molecular weight excluding hydrogens is 962 g/mol. The number of hydrogen-bond acceptors (Lipinski definition) is 10. The van der Waals surface area contributed by atoms with Gasteiger partial charge in [0.15, 0.2) is 23.0 Å². The van der Waals surface area contributed by atoms with Crippen LogP contribution in [0.3, 0.4) is 0 Å². The van der Waals surface area contributed by atoms with Crippen LogP contribution in [0.25, 0.3) is 134 Å². The Morgan fingerprint density at radius 1 is 0.274 bits per heavy atom. The van der Waals surface area contributed by atoms with Gasteiger partial charge in [-0.2, -0.15) is 0 Å². The van der Waals surface area contributed by atoms with E-state index in [2.05, 4.69) is 72.8 Å². The van der Waals surface area contributed by atoms with Gasteiger partial charge in [0.1, 0.15) is 0 Å². The van der Waals surface area contributed by atoms with E-state index in [0.717, 1.165) is 66.1 Å². The second-order valence-corrected chi connectivity index (χ2v) is 17.3. The summed E-state index contributed by atoms with van der Waals surface area (Å²) in [5, 5.41) is 3.15. The van der Waals surface area contributed by atoms with Crippen molar-refractivity contribution in [2.45, 2.75) is 0 Å². The Morgan fingerprint density at radius 3 is 0.699 bits per heavy atom. The molecule has 0 saturated heterocycles. The summed E-state index contributed by atoms with van der Waals surface area (Å²) < 4.78 is 23.6. The van der Waals surface area contributed by atoms with E-state index in [-0.39, 0.29) is 19.5 Å². The van der Waals surface area contributed by atoms with Crippen LogP contribution in [0.15, 0.2) is 170 Å². The molecule has 0 aliphatic carbocycles. The molecule has 12 nitrogen and oxygen atoms in total. The van der Waals surface area contributed by atoms with E-state index in [0.29, 0.717) is 91.1 Å². The smallest absolute Gasteiger partial charge is 0.493 e. The fourth-order valence-corrected chi connectivity index (χ4v) is 10.00. The Kier molecular flexibility index (Phi) is 11.3. The SMILES string of the molecule is COc1cc2c(cc1OC)-c1nc-2nc2[n-]c(nc3nc(nc4[n-]c(n1)c1c(-c5ccccc5)ccc(-c5ccccc5)c41)-c1cc(OC)c(OC)cc1-3)c1c(-c3ccccc3)ccc(-c3ccccc3)c21.[Zn+2]. The van der Waals surface area contributed by atoms with Gasteiger partial charge in [-0.15, -0.1) is 0 Å². The minimum atomic E-state index is 0. The van der Waals surface area contributed by atoms with Crippen molar-refractivity contribution in [2.24, 2.45) is 0 Å². The van der Waals surface area contributed by atoms with Crippen LogP contribution in [0, 0.1) is 0 Å². The minimum Gasteiger partial charge on any atom is -0.493 e. The monoisotopic (exact) mass is 1000 g/mol. The number of methoxy groups -OCH3 is 4. The number of rotatable bonds is 8. The summed E-state index contributed by atoms with van der Waals surface area (Å²) in [6.07, 6.45) is 0. The van der Waals surface area contributed by atoms with Crippen LogP contribution in [0.1, 0.15) is 0 Å². The predicted molar refractivity (Wildman–Crippen MR) is 282 cm³/mol. The topological polar surface area (TPSA) is 142 Å². The number of benzene rings is 8. The average Bonchev–Trinajstić information content (AvgIpc) is 4.18. The molecule has 13 rings (SSSR count). The number of fused-ring (bicyclic) bond motifs is 20. The van der Waals surface area contributed by atoms with E-state index in [9.17, 15) is 0 Å². The summed E-state index contributed by atoms with van der Waals surface area (Å²) in [6, 6.07) is 57.0. The molecule has 8 aromatic carbocycles. The molecule has 0 unspecified atom stereocenters.